The third-order valence-corrected chi connectivity index (χ3v) is 3.65. The van der Waals surface area contributed by atoms with E-state index in [1.54, 1.807) is 7.11 Å². The van der Waals surface area contributed by atoms with E-state index < -0.39 is 0 Å². The first kappa shape index (κ1) is 11.5. The quantitative estimate of drug-likeness (QED) is 0.945. The summed E-state index contributed by atoms with van der Waals surface area (Å²) in [5.41, 5.74) is 6.50. The van der Waals surface area contributed by atoms with Gasteiger partial charge in [0.05, 0.1) is 11.6 Å². The molecule has 16 heavy (non-hydrogen) atoms. The average molecular weight is 300 g/mol. The molecule has 0 atom stereocenters. The van der Waals surface area contributed by atoms with Crippen LogP contribution < -0.4 is 10.5 Å². The molecule has 6 heteroatoms. The number of rotatable bonds is 3. The summed E-state index contributed by atoms with van der Waals surface area (Å²) in [7, 11) is 1.64. The summed E-state index contributed by atoms with van der Waals surface area (Å²) in [5.74, 6) is 0.798. The van der Waals surface area contributed by atoms with E-state index in [1.165, 1.54) is 11.3 Å². The molecule has 0 aliphatic carbocycles. The van der Waals surface area contributed by atoms with Crippen LogP contribution in [0.25, 0.3) is 10.6 Å². The van der Waals surface area contributed by atoms with Crippen molar-refractivity contribution >= 4 is 27.3 Å². The minimum absolute atomic E-state index is 0.426. The lowest BCUT2D eigenvalue weighted by atomic mass is 10.2. The Morgan fingerprint density at radius 3 is 2.81 bits per heavy atom. The van der Waals surface area contributed by atoms with Crippen LogP contribution in [0.15, 0.2) is 22.7 Å². The molecule has 0 spiro atoms. The van der Waals surface area contributed by atoms with Crippen molar-refractivity contribution < 1.29 is 4.74 Å². The van der Waals surface area contributed by atoms with Crippen molar-refractivity contribution in [2.45, 2.75) is 6.54 Å². The van der Waals surface area contributed by atoms with Crippen molar-refractivity contribution in [1.29, 1.82) is 0 Å². The molecule has 0 fully saturated rings. The number of aromatic nitrogens is 2. The summed E-state index contributed by atoms with van der Waals surface area (Å²) in [5, 5.41) is 9.76. The molecule has 2 aromatic rings. The highest BCUT2D eigenvalue weighted by Crippen LogP contribution is 2.31. The van der Waals surface area contributed by atoms with Crippen molar-refractivity contribution in [2.75, 3.05) is 7.11 Å². The molecule has 0 saturated carbocycles. The van der Waals surface area contributed by atoms with E-state index in [2.05, 4.69) is 26.1 Å². The number of nitrogens with zero attached hydrogens (tertiary/aromatic N) is 2. The largest absolute Gasteiger partial charge is 0.496 e. The molecule has 0 bridgehead atoms. The molecule has 0 aliphatic heterocycles. The van der Waals surface area contributed by atoms with Gasteiger partial charge in [-0.25, -0.2) is 0 Å². The Morgan fingerprint density at radius 2 is 2.25 bits per heavy atom. The van der Waals surface area contributed by atoms with Crippen LogP contribution in [0.5, 0.6) is 5.75 Å². The molecule has 0 aliphatic rings. The van der Waals surface area contributed by atoms with Crippen molar-refractivity contribution in [3.8, 4) is 16.3 Å². The minimum atomic E-state index is 0.426. The van der Waals surface area contributed by atoms with Gasteiger partial charge in [-0.2, -0.15) is 0 Å². The van der Waals surface area contributed by atoms with Gasteiger partial charge in [-0.3, -0.25) is 0 Å². The molecule has 0 unspecified atom stereocenters. The number of methoxy groups -OCH3 is 1. The number of benzene rings is 1. The van der Waals surface area contributed by atoms with Crippen molar-refractivity contribution in [3.05, 3.63) is 27.7 Å². The summed E-state index contributed by atoms with van der Waals surface area (Å²) < 4.78 is 6.06. The van der Waals surface area contributed by atoms with E-state index in [0.29, 0.717) is 6.54 Å². The Labute approximate surface area is 106 Å². The van der Waals surface area contributed by atoms with Gasteiger partial charge in [-0.05, 0) is 34.1 Å². The molecular weight excluding hydrogens is 290 g/mol. The Balaban J connectivity index is 2.37. The second-order valence-corrected chi connectivity index (χ2v) is 4.97. The Morgan fingerprint density at radius 1 is 1.44 bits per heavy atom. The smallest absolute Gasteiger partial charge is 0.147 e. The lowest BCUT2D eigenvalue weighted by Crippen LogP contribution is -1.94. The van der Waals surface area contributed by atoms with Gasteiger partial charge in [0, 0.05) is 12.1 Å². The second kappa shape index (κ2) is 4.90. The van der Waals surface area contributed by atoms with Crippen LogP contribution in [0, 0.1) is 0 Å². The first-order chi connectivity index (χ1) is 7.74. The van der Waals surface area contributed by atoms with Gasteiger partial charge in [0.25, 0.3) is 0 Å². The van der Waals surface area contributed by atoms with E-state index in [1.807, 2.05) is 18.2 Å². The van der Waals surface area contributed by atoms with Crippen molar-refractivity contribution in [2.24, 2.45) is 5.73 Å². The second-order valence-electron chi connectivity index (χ2n) is 3.05. The van der Waals surface area contributed by atoms with Crippen LogP contribution in [0.2, 0.25) is 0 Å². The van der Waals surface area contributed by atoms with Gasteiger partial charge in [0.2, 0.25) is 0 Å². The number of nitrogens with two attached hydrogens (primary N) is 1. The fourth-order valence-electron chi connectivity index (χ4n) is 1.25. The maximum absolute atomic E-state index is 5.50. The minimum Gasteiger partial charge on any atom is -0.496 e. The average Bonchev–Trinajstić information content (AvgIpc) is 2.77. The molecule has 4 nitrogen and oxygen atoms in total. The molecule has 1 aromatic carbocycles. The van der Waals surface area contributed by atoms with Gasteiger partial charge < -0.3 is 10.5 Å². The number of hydrogen-bond donors (Lipinski definition) is 1. The van der Waals surface area contributed by atoms with Crippen molar-refractivity contribution in [3.63, 3.8) is 0 Å². The summed E-state index contributed by atoms with van der Waals surface area (Å²) in [6, 6.07) is 5.80. The molecule has 0 saturated heterocycles. The third kappa shape index (κ3) is 2.23. The fourth-order valence-corrected chi connectivity index (χ4v) is 2.51. The van der Waals surface area contributed by atoms with Gasteiger partial charge in [0.1, 0.15) is 15.8 Å². The highest BCUT2D eigenvalue weighted by Gasteiger charge is 2.08. The molecule has 1 heterocycles. The van der Waals surface area contributed by atoms with Gasteiger partial charge >= 0.3 is 0 Å². The van der Waals surface area contributed by atoms with Gasteiger partial charge in [-0.1, -0.05) is 11.3 Å². The third-order valence-electron chi connectivity index (χ3n) is 2.04. The molecular formula is C10H10BrN3OS. The maximum Gasteiger partial charge on any atom is 0.147 e. The number of ether oxygens (including phenoxy) is 1. The van der Waals surface area contributed by atoms with Crippen LogP contribution >= 0.6 is 27.3 Å². The lowest BCUT2D eigenvalue weighted by molar-refractivity contribution is 0.412. The van der Waals surface area contributed by atoms with Crippen LogP contribution in [-0.2, 0) is 6.54 Å². The summed E-state index contributed by atoms with van der Waals surface area (Å²) in [6.45, 7) is 0.426. The Hall–Kier alpha value is -0.980. The predicted molar refractivity (Wildman–Crippen MR) is 67.5 cm³/mol. The van der Waals surface area contributed by atoms with E-state index >= 15 is 0 Å². The highest BCUT2D eigenvalue weighted by atomic mass is 79.9. The van der Waals surface area contributed by atoms with E-state index in [-0.39, 0.29) is 0 Å². The zero-order valence-corrected chi connectivity index (χ0v) is 11.0. The van der Waals surface area contributed by atoms with E-state index in [9.17, 15) is 0 Å². The molecule has 2 N–H and O–H groups in total. The number of halogens is 1. The molecule has 0 radical (unpaired) electrons. The standard InChI is InChI=1S/C10H10BrN3OS/c1-15-8-3-2-6(4-7(8)11)10-14-13-9(5-12)16-10/h2-4H,5,12H2,1H3. The first-order valence-electron chi connectivity index (χ1n) is 4.61. The molecule has 0 amide bonds. The summed E-state index contributed by atoms with van der Waals surface area (Å²) in [6.07, 6.45) is 0. The normalized spacial score (nSPS) is 10.4. The van der Waals surface area contributed by atoms with Crippen molar-refractivity contribution in [1.82, 2.24) is 10.2 Å². The maximum atomic E-state index is 5.50. The van der Waals surface area contributed by atoms with Crippen LogP contribution in [0.4, 0.5) is 0 Å². The van der Waals surface area contributed by atoms with E-state index in [4.69, 9.17) is 10.5 Å². The Bertz CT molecular complexity index is 501. The highest BCUT2D eigenvalue weighted by molar-refractivity contribution is 9.10. The summed E-state index contributed by atoms with van der Waals surface area (Å²) in [4.78, 5) is 0. The van der Waals surface area contributed by atoms with Crippen LogP contribution in [0.3, 0.4) is 0 Å². The van der Waals surface area contributed by atoms with Crippen LogP contribution in [0.1, 0.15) is 5.01 Å². The lowest BCUT2D eigenvalue weighted by Gasteiger charge is -2.03. The molecule has 1 aromatic heterocycles. The monoisotopic (exact) mass is 299 g/mol. The fraction of sp³-hybridized carbons (Fsp3) is 0.200. The van der Waals surface area contributed by atoms with Gasteiger partial charge in [-0.15, -0.1) is 10.2 Å². The van der Waals surface area contributed by atoms with E-state index in [0.717, 1.165) is 25.8 Å². The SMILES string of the molecule is COc1ccc(-c2nnc(CN)s2)cc1Br. The van der Waals surface area contributed by atoms with Gasteiger partial charge in [0.15, 0.2) is 0 Å². The zero-order chi connectivity index (χ0) is 11.5. The molecule has 2 rings (SSSR count). The topological polar surface area (TPSA) is 61.0 Å². The Kier molecular flexibility index (Phi) is 3.52. The first-order valence-corrected chi connectivity index (χ1v) is 6.22. The summed E-state index contributed by atoms with van der Waals surface area (Å²) >= 11 is 4.93. The van der Waals surface area contributed by atoms with Crippen LogP contribution in [-0.4, -0.2) is 17.3 Å². The molecule has 84 valence electrons. The predicted octanol–water partition coefficient (Wildman–Crippen LogP) is 2.43. The zero-order valence-electron chi connectivity index (χ0n) is 8.61. The number of hydrogen-bond acceptors (Lipinski definition) is 5.